The van der Waals surface area contributed by atoms with Gasteiger partial charge in [0, 0.05) is 17.4 Å². The molecular formula is C24H34N3O2+. The van der Waals surface area contributed by atoms with Crippen molar-refractivity contribution < 1.29 is 14.4 Å². The van der Waals surface area contributed by atoms with E-state index >= 15 is 0 Å². The van der Waals surface area contributed by atoms with E-state index in [1.165, 1.54) is 16.2 Å². The highest BCUT2D eigenvalue weighted by Gasteiger charge is 2.29. The second-order valence-corrected chi connectivity index (χ2v) is 7.95. The summed E-state index contributed by atoms with van der Waals surface area (Å²) in [5, 5.41) is 3.19. The van der Waals surface area contributed by atoms with Crippen molar-refractivity contribution >= 4 is 17.3 Å². The summed E-state index contributed by atoms with van der Waals surface area (Å²) in [7, 11) is 1.70. The lowest BCUT2D eigenvalue weighted by molar-refractivity contribution is -0.914. The highest BCUT2D eigenvalue weighted by molar-refractivity contribution is 5.94. The minimum absolute atomic E-state index is 0.0764. The Morgan fingerprint density at radius 3 is 2.55 bits per heavy atom. The number of nitrogens with one attached hydrogen (secondary N) is 2. The first-order valence-corrected chi connectivity index (χ1v) is 10.7. The molecule has 2 aromatic rings. The molecule has 0 spiro atoms. The quantitative estimate of drug-likeness (QED) is 0.756. The van der Waals surface area contributed by atoms with Gasteiger partial charge in [-0.15, -0.1) is 0 Å². The van der Waals surface area contributed by atoms with Gasteiger partial charge in [0.15, 0.2) is 6.04 Å². The van der Waals surface area contributed by atoms with E-state index in [1.807, 2.05) is 37.3 Å². The molecule has 2 atom stereocenters. The Bertz CT molecular complexity index is 815. The molecule has 5 heteroatoms. The van der Waals surface area contributed by atoms with Gasteiger partial charge in [0.2, 0.25) is 0 Å². The molecule has 0 aliphatic carbocycles. The van der Waals surface area contributed by atoms with Crippen LogP contribution in [-0.4, -0.2) is 45.2 Å². The molecule has 29 heavy (non-hydrogen) atoms. The number of hydrogen-bond acceptors (Lipinski definition) is 3. The third-order valence-corrected chi connectivity index (χ3v) is 6.19. The highest BCUT2D eigenvalue weighted by Crippen LogP contribution is 2.26. The number of para-hydroxylation sites is 1. The van der Waals surface area contributed by atoms with E-state index in [-0.39, 0.29) is 11.9 Å². The number of nitrogens with zero attached hydrogens (tertiary/aromatic N) is 1. The molecule has 156 valence electrons. The van der Waals surface area contributed by atoms with Crippen molar-refractivity contribution in [2.75, 3.05) is 43.5 Å². The highest BCUT2D eigenvalue weighted by atomic mass is 16.5. The van der Waals surface area contributed by atoms with E-state index in [1.54, 1.807) is 7.11 Å². The van der Waals surface area contributed by atoms with Gasteiger partial charge in [0.25, 0.3) is 5.91 Å². The van der Waals surface area contributed by atoms with E-state index in [4.69, 9.17) is 4.74 Å². The Hall–Kier alpha value is -2.53. The summed E-state index contributed by atoms with van der Waals surface area (Å²) >= 11 is 0. The number of carbonyl (C=O) groups is 1. The van der Waals surface area contributed by atoms with Crippen LogP contribution in [0.5, 0.6) is 5.75 Å². The molecule has 0 aromatic heterocycles. The molecule has 0 radical (unpaired) electrons. The Kier molecular flexibility index (Phi) is 7.15. The molecule has 0 saturated carbocycles. The number of quaternary nitrogens is 1. The average Bonchev–Trinajstić information content (AvgIpc) is 2.78. The maximum atomic E-state index is 12.9. The van der Waals surface area contributed by atoms with E-state index in [0.29, 0.717) is 5.92 Å². The van der Waals surface area contributed by atoms with Crippen LogP contribution in [0.25, 0.3) is 0 Å². The van der Waals surface area contributed by atoms with Gasteiger partial charge in [-0.3, -0.25) is 4.79 Å². The van der Waals surface area contributed by atoms with Crippen molar-refractivity contribution in [3.8, 4) is 5.75 Å². The number of carbonyl (C=O) groups excluding carboxylic acids is 1. The number of piperazine rings is 1. The van der Waals surface area contributed by atoms with Crippen LogP contribution in [0.2, 0.25) is 0 Å². The molecule has 1 fully saturated rings. The van der Waals surface area contributed by atoms with Gasteiger partial charge in [0.1, 0.15) is 5.75 Å². The summed E-state index contributed by atoms with van der Waals surface area (Å²) in [5.74, 6) is 1.41. The number of anilines is 2. The number of amides is 1. The second kappa shape index (κ2) is 9.79. The van der Waals surface area contributed by atoms with Crippen molar-refractivity contribution in [3.63, 3.8) is 0 Å². The first kappa shape index (κ1) is 21.2. The minimum Gasteiger partial charge on any atom is -0.497 e. The predicted molar refractivity (Wildman–Crippen MR) is 119 cm³/mol. The summed E-state index contributed by atoms with van der Waals surface area (Å²) in [4.78, 5) is 16.7. The van der Waals surface area contributed by atoms with Gasteiger partial charge in [0.05, 0.1) is 33.3 Å². The monoisotopic (exact) mass is 396 g/mol. The number of benzene rings is 2. The van der Waals surface area contributed by atoms with Crippen LogP contribution < -0.4 is 19.9 Å². The molecule has 0 bridgehead atoms. The predicted octanol–water partition coefficient (Wildman–Crippen LogP) is 2.94. The Morgan fingerprint density at radius 2 is 1.86 bits per heavy atom. The Balaban J connectivity index is 1.59. The largest absolute Gasteiger partial charge is 0.497 e. The van der Waals surface area contributed by atoms with Gasteiger partial charge in [-0.1, -0.05) is 38.1 Å². The maximum Gasteiger partial charge on any atom is 0.282 e. The molecule has 3 rings (SSSR count). The van der Waals surface area contributed by atoms with Crippen LogP contribution in [0.15, 0.2) is 48.5 Å². The van der Waals surface area contributed by atoms with E-state index in [2.05, 4.69) is 42.3 Å². The molecule has 1 heterocycles. The third-order valence-electron chi connectivity index (χ3n) is 6.19. The zero-order valence-electron chi connectivity index (χ0n) is 18.1. The van der Waals surface area contributed by atoms with Gasteiger partial charge in [-0.05, 0) is 43.0 Å². The topological polar surface area (TPSA) is 46.0 Å². The number of hydrogen-bond donors (Lipinski definition) is 2. The Morgan fingerprint density at radius 1 is 1.14 bits per heavy atom. The second-order valence-electron chi connectivity index (χ2n) is 7.95. The molecule has 5 nitrogen and oxygen atoms in total. The van der Waals surface area contributed by atoms with Crippen LogP contribution in [0.1, 0.15) is 38.7 Å². The van der Waals surface area contributed by atoms with Crippen molar-refractivity contribution in [2.45, 2.75) is 39.2 Å². The molecule has 1 aliphatic rings. The third kappa shape index (κ3) is 5.10. The summed E-state index contributed by atoms with van der Waals surface area (Å²) in [5.41, 5.74) is 3.35. The first-order valence-electron chi connectivity index (χ1n) is 10.7. The minimum atomic E-state index is -0.0764. The summed E-state index contributed by atoms with van der Waals surface area (Å²) < 4.78 is 5.34. The van der Waals surface area contributed by atoms with Gasteiger partial charge < -0.3 is 19.9 Å². The van der Waals surface area contributed by atoms with E-state index < -0.39 is 0 Å². The zero-order chi connectivity index (χ0) is 20.8. The lowest BCUT2D eigenvalue weighted by atomic mass is 9.97. The smallest absolute Gasteiger partial charge is 0.282 e. The number of ether oxygens (including phenoxy) is 1. The fraction of sp³-hybridized carbons (Fsp3) is 0.458. The number of methoxy groups -OCH3 is 1. The fourth-order valence-corrected chi connectivity index (χ4v) is 3.98. The summed E-state index contributed by atoms with van der Waals surface area (Å²) in [6.45, 7) is 10.2. The molecule has 0 unspecified atom stereocenters. The number of rotatable bonds is 7. The van der Waals surface area contributed by atoms with Crippen LogP contribution in [-0.2, 0) is 4.79 Å². The maximum absolute atomic E-state index is 12.9. The van der Waals surface area contributed by atoms with Crippen molar-refractivity contribution in [1.29, 1.82) is 0 Å². The lowest BCUT2D eigenvalue weighted by Crippen LogP contribution is -3.19. The van der Waals surface area contributed by atoms with Crippen molar-refractivity contribution in [2.24, 2.45) is 0 Å². The fourth-order valence-electron chi connectivity index (χ4n) is 3.98. The summed E-state index contributed by atoms with van der Waals surface area (Å²) in [6, 6.07) is 16.3. The van der Waals surface area contributed by atoms with Gasteiger partial charge in [-0.25, -0.2) is 0 Å². The molecule has 2 N–H and O–H groups in total. The van der Waals surface area contributed by atoms with Crippen molar-refractivity contribution in [3.05, 3.63) is 54.1 Å². The van der Waals surface area contributed by atoms with Gasteiger partial charge >= 0.3 is 0 Å². The Labute approximate surface area is 174 Å². The first-order chi connectivity index (χ1) is 14.0. The summed E-state index contributed by atoms with van der Waals surface area (Å²) in [6.07, 6.45) is 1.06. The SMILES string of the molecule is CC[C@H](C)c1ccccc1NC(=O)[C@H](C)[NH+]1CCN(c2cccc(OC)c2)CC1. The average molecular weight is 397 g/mol. The van der Waals surface area contributed by atoms with Gasteiger partial charge in [-0.2, -0.15) is 0 Å². The van der Waals surface area contributed by atoms with Crippen molar-refractivity contribution in [1.82, 2.24) is 0 Å². The van der Waals surface area contributed by atoms with Crippen LogP contribution in [0, 0.1) is 0 Å². The van der Waals surface area contributed by atoms with Crippen LogP contribution in [0.4, 0.5) is 11.4 Å². The normalized spacial score (nSPS) is 16.9. The van der Waals surface area contributed by atoms with Crippen LogP contribution >= 0.6 is 0 Å². The van der Waals surface area contributed by atoms with E-state index in [0.717, 1.165) is 44.0 Å². The van der Waals surface area contributed by atoms with Crippen LogP contribution in [0.3, 0.4) is 0 Å². The molecule has 1 aliphatic heterocycles. The van der Waals surface area contributed by atoms with E-state index in [9.17, 15) is 4.79 Å². The standard InChI is InChI=1S/C24H33N3O2/c1-5-18(2)22-11-6-7-12-23(22)25-24(28)19(3)26-13-15-27(16-14-26)20-9-8-10-21(17-20)29-4/h6-12,17-19H,5,13-16H2,1-4H3,(H,25,28)/p+1/t18-,19-/m0/s1. The molecule has 2 aromatic carbocycles. The molecular weight excluding hydrogens is 362 g/mol. The molecule has 1 saturated heterocycles. The zero-order valence-corrected chi connectivity index (χ0v) is 18.1. The molecule has 1 amide bonds. The lowest BCUT2D eigenvalue weighted by Gasteiger charge is -2.36.